The molecule has 1 aliphatic carbocycles. The number of pyridine rings is 1. The molecular formula is C13H20N2. The molecule has 0 amide bonds. The van der Waals surface area contributed by atoms with Crippen molar-refractivity contribution in [1.29, 1.82) is 0 Å². The molecule has 0 bridgehead atoms. The minimum Gasteiger partial charge on any atom is -0.330 e. The summed E-state index contributed by atoms with van der Waals surface area (Å²) >= 11 is 0. The van der Waals surface area contributed by atoms with Gasteiger partial charge in [0.2, 0.25) is 0 Å². The first-order valence-corrected chi connectivity index (χ1v) is 5.90. The fourth-order valence-corrected chi connectivity index (χ4v) is 2.83. The summed E-state index contributed by atoms with van der Waals surface area (Å²) in [7, 11) is 0. The van der Waals surface area contributed by atoms with Crippen LogP contribution >= 0.6 is 0 Å². The summed E-state index contributed by atoms with van der Waals surface area (Å²) in [4.78, 5) is 4.26. The average Bonchev–Trinajstić information content (AvgIpc) is 2.30. The van der Waals surface area contributed by atoms with Crippen molar-refractivity contribution in [2.24, 2.45) is 5.73 Å². The van der Waals surface area contributed by atoms with Gasteiger partial charge in [-0.1, -0.05) is 19.3 Å². The van der Waals surface area contributed by atoms with E-state index < -0.39 is 0 Å². The van der Waals surface area contributed by atoms with E-state index in [1.165, 1.54) is 43.2 Å². The van der Waals surface area contributed by atoms with Gasteiger partial charge in [0.25, 0.3) is 0 Å². The van der Waals surface area contributed by atoms with Crippen molar-refractivity contribution in [3.05, 3.63) is 29.6 Å². The molecule has 0 unspecified atom stereocenters. The maximum atomic E-state index is 6.01. The first-order valence-electron chi connectivity index (χ1n) is 5.90. The Morgan fingerprint density at radius 3 is 2.67 bits per heavy atom. The Morgan fingerprint density at radius 1 is 1.33 bits per heavy atom. The Morgan fingerprint density at radius 2 is 2.07 bits per heavy atom. The summed E-state index contributed by atoms with van der Waals surface area (Å²) < 4.78 is 0. The second-order valence-corrected chi connectivity index (χ2v) is 4.74. The van der Waals surface area contributed by atoms with Crippen molar-refractivity contribution >= 4 is 0 Å². The summed E-state index contributed by atoms with van der Waals surface area (Å²) in [6.45, 7) is 2.93. The molecule has 2 rings (SSSR count). The predicted octanol–water partition coefficient (Wildman–Crippen LogP) is 2.55. The largest absolute Gasteiger partial charge is 0.330 e. The number of nitrogens with zero attached hydrogens (tertiary/aromatic N) is 1. The van der Waals surface area contributed by atoms with Crippen LogP contribution in [0.5, 0.6) is 0 Å². The maximum absolute atomic E-state index is 6.01. The summed E-state index contributed by atoms with van der Waals surface area (Å²) in [5.74, 6) is 0. The molecule has 0 aromatic carbocycles. The fraction of sp³-hybridized carbons (Fsp3) is 0.615. The van der Waals surface area contributed by atoms with E-state index >= 15 is 0 Å². The van der Waals surface area contributed by atoms with Crippen LogP contribution in [0.25, 0.3) is 0 Å². The van der Waals surface area contributed by atoms with E-state index in [1.54, 1.807) is 0 Å². The molecule has 0 aliphatic heterocycles. The first kappa shape index (κ1) is 10.6. The Bertz CT molecular complexity index is 327. The van der Waals surface area contributed by atoms with Crippen molar-refractivity contribution in [3.63, 3.8) is 0 Å². The quantitative estimate of drug-likeness (QED) is 0.804. The number of aryl methyl sites for hydroxylation is 1. The van der Waals surface area contributed by atoms with Crippen LogP contribution in [0.15, 0.2) is 18.5 Å². The van der Waals surface area contributed by atoms with Gasteiger partial charge in [0.15, 0.2) is 0 Å². The number of hydrogen-bond donors (Lipinski definition) is 1. The highest BCUT2D eigenvalue weighted by molar-refractivity contribution is 5.31. The highest BCUT2D eigenvalue weighted by Crippen LogP contribution is 2.39. The third-order valence-corrected chi connectivity index (χ3v) is 3.81. The van der Waals surface area contributed by atoms with Crippen LogP contribution in [0.4, 0.5) is 0 Å². The summed E-state index contributed by atoms with van der Waals surface area (Å²) in [6, 6.07) is 2.10. The summed E-state index contributed by atoms with van der Waals surface area (Å²) in [5.41, 5.74) is 8.96. The Kier molecular flexibility index (Phi) is 3.06. The molecule has 2 N–H and O–H groups in total. The number of rotatable bonds is 2. The van der Waals surface area contributed by atoms with Gasteiger partial charge >= 0.3 is 0 Å². The molecule has 0 saturated heterocycles. The first-order chi connectivity index (χ1) is 7.28. The number of aromatic nitrogens is 1. The second-order valence-electron chi connectivity index (χ2n) is 4.74. The molecule has 1 saturated carbocycles. The highest BCUT2D eigenvalue weighted by atomic mass is 14.7. The topological polar surface area (TPSA) is 38.9 Å². The van der Waals surface area contributed by atoms with E-state index in [-0.39, 0.29) is 5.41 Å². The van der Waals surface area contributed by atoms with Gasteiger partial charge in [0.05, 0.1) is 0 Å². The Balaban J connectivity index is 2.36. The lowest BCUT2D eigenvalue weighted by Crippen LogP contribution is -2.37. The SMILES string of the molecule is Cc1ccncc1C1(CN)CCCCC1. The lowest BCUT2D eigenvalue weighted by Gasteiger charge is -2.37. The molecule has 1 fully saturated rings. The van der Waals surface area contributed by atoms with Gasteiger partial charge in [-0.2, -0.15) is 0 Å². The van der Waals surface area contributed by atoms with E-state index in [1.807, 2.05) is 12.4 Å². The van der Waals surface area contributed by atoms with Gasteiger partial charge in [-0.25, -0.2) is 0 Å². The minimum atomic E-state index is 0.219. The molecule has 1 heterocycles. The predicted molar refractivity (Wildman–Crippen MR) is 62.8 cm³/mol. The van der Waals surface area contributed by atoms with Crippen molar-refractivity contribution in [2.75, 3.05) is 6.54 Å². The molecule has 15 heavy (non-hydrogen) atoms. The van der Waals surface area contributed by atoms with E-state index in [9.17, 15) is 0 Å². The molecule has 2 heteroatoms. The third kappa shape index (κ3) is 1.91. The average molecular weight is 204 g/mol. The summed E-state index contributed by atoms with van der Waals surface area (Å²) in [5, 5.41) is 0. The molecule has 82 valence electrons. The zero-order chi connectivity index (χ0) is 10.7. The van der Waals surface area contributed by atoms with Crippen LogP contribution in [0, 0.1) is 6.92 Å². The van der Waals surface area contributed by atoms with Crippen LogP contribution < -0.4 is 5.73 Å². The smallest absolute Gasteiger partial charge is 0.0308 e. The molecule has 0 atom stereocenters. The van der Waals surface area contributed by atoms with Crippen molar-refractivity contribution in [2.45, 2.75) is 44.4 Å². The second kappa shape index (κ2) is 4.31. The Hall–Kier alpha value is -0.890. The zero-order valence-corrected chi connectivity index (χ0v) is 9.50. The zero-order valence-electron chi connectivity index (χ0n) is 9.50. The van der Waals surface area contributed by atoms with Crippen LogP contribution in [-0.4, -0.2) is 11.5 Å². The summed E-state index contributed by atoms with van der Waals surface area (Å²) in [6.07, 6.45) is 10.3. The number of nitrogens with two attached hydrogens (primary N) is 1. The van der Waals surface area contributed by atoms with Crippen LogP contribution in [0.2, 0.25) is 0 Å². The molecule has 1 aromatic rings. The molecule has 1 aliphatic rings. The van der Waals surface area contributed by atoms with Crippen molar-refractivity contribution in [3.8, 4) is 0 Å². The molecule has 0 radical (unpaired) electrons. The highest BCUT2D eigenvalue weighted by Gasteiger charge is 2.33. The molecule has 2 nitrogen and oxygen atoms in total. The van der Waals surface area contributed by atoms with Gasteiger partial charge in [-0.05, 0) is 37.0 Å². The van der Waals surface area contributed by atoms with Gasteiger partial charge < -0.3 is 5.73 Å². The maximum Gasteiger partial charge on any atom is 0.0308 e. The molecule has 0 spiro atoms. The van der Waals surface area contributed by atoms with E-state index in [2.05, 4.69) is 18.0 Å². The monoisotopic (exact) mass is 204 g/mol. The lowest BCUT2D eigenvalue weighted by atomic mass is 9.69. The van der Waals surface area contributed by atoms with Crippen molar-refractivity contribution < 1.29 is 0 Å². The third-order valence-electron chi connectivity index (χ3n) is 3.81. The van der Waals surface area contributed by atoms with E-state index in [0.29, 0.717) is 0 Å². The fourth-order valence-electron chi connectivity index (χ4n) is 2.83. The normalized spacial score (nSPS) is 20.1. The number of hydrogen-bond acceptors (Lipinski definition) is 2. The minimum absolute atomic E-state index is 0.219. The van der Waals surface area contributed by atoms with Crippen molar-refractivity contribution in [1.82, 2.24) is 4.98 Å². The van der Waals surface area contributed by atoms with Crippen LogP contribution in [0.3, 0.4) is 0 Å². The van der Waals surface area contributed by atoms with Gasteiger partial charge in [0.1, 0.15) is 0 Å². The lowest BCUT2D eigenvalue weighted by molar-refractivity contribution is 0.299. The van der Waals surface area contributed by atoms with Gasteiger partial charge in [0, 0.05) is 24.4 Å². The van der Waals surface area contributed by atoms with Crippen LogP contribution in [0.1, 0.15) is 43.2 Å². The van der Waals surface area contributed by atoms with Crippen LogP contribution in [-0.2, 0) is 5.41 Å². The molecular weight excluding hydrogens is 184 g/mol. The Labute approximate surface area is 91.9 Å². The van der Waals surface area contributed by atoms with E-state index in [0.717, 1.165) is 6.54 Å². The standard InChI is InChI=1S/C13H20N2/c1-11-5-8-15-9-12(11)13(10-14)6-3-2-4-7-13/h5,8-9H,2-4,6-7,10,14H2,1H3. The molecule has 1 aromatic heterocycles. The van der Waals surface area contributed by atoms with E-state index in [4.69, 9.17) is 5.73 Å². The van der Waals surface area contributed by atoms with Gasteiger partial charge in [-0.3, -0.25) is 4.98 Å². The van der Waals surface area contributed by atoms with Gasteiger partial charge in [-0.15, -0.1) is 0 Å².